The summed E-state index contributed by atoms with van der Waals surface area (Å²) in [6.45, 7) is 2.97. The molecule has 4 rings (SSSR count). The van der Waals surface area contributed by atoms with Gasteiger partial charge in [-0.2, -0.15) is 0 Å². The second-order valence-corrected chi connectivity index (χ2v) is 10.6. The molecule has 188 valence electrons. The molecule has 1 aliphatic rings. The van der Waals surface area contributed by atoms with Gasteiger partial charge in [-0.15, -0.1) is 11.3 Å². The van der Waals surface area contributed by atoms with Gasteiger partial charge in [0, 0.05) is 40.0 Å². The summed E-state index contributed by atoms with van der Waals surface area (Å²) in [5.41, 5.74) is 1.33. The van der Waals surface area contributed by atoms with E-state index in [2.05, 4.69) is 6.07 Å². The van der Waals surface area contributed by atoms with Gasteiger partial charge < -0.3 is 9.80 Å². The largest absolute Gasteiger partial charge is 0.332 e. The average molecular weight is 506 g/mol. The fraction of sp³-hybridized carbons (Fsp3) is 0.357. The average Bonchev–Trinajstić information content (AvgIpc) is 3.32. The van der Waals surface area contributed by atoms with Crippen LogP contribution < -0.4 is 0 Å². The van der Waals surface area contributed by atoms with Gasteiger partial charge in [0.25, 0.3) is 11.6 Å². The molecule has 0 atom stereocenters. The van der Waals surface area contributed by atoms with Crippen molar-refractivity contribution < 1.29 is 14.5 Å². The van der Waals surface area contributed by atoms with Crippen molar-refractivity contribution in [1.82, 2.24) is 9.80 Å². The lowest BCUT2D eigenvalue weighted by molar-refractivity contribution is -0.384. The van der Waals surface area contributed by atoms with Gasteiger partial charge in [0.1, 0.15) is 6.54 Å². The number of carbonyl (C=O) groups excluding carboxylic acids is 2. The van der Waals surface area contributed by atoms with Crippen molar-refractivity contribution >= 4 is 28.8 Å². The molecule has 8 heteroatoms. The maximum Gasteiger partial charge on any atom is 0.269 e. The van der Waals surface area contributed by atoms with Crippen LogP contribution >= 0.6 is 11.3 Å². The van der Waals surface area contributed by atoms with Gasteiger partial charge in [0.2, 0.25) is 5.91 Å². The van der Waals surface area contributed by atoms with Gasteiger partial charge >= 0.3 is 0 Å². The molecular weight excluding hydrogens is 474 g/mol. The third-order valence-corrected chi connectivity index (χ3v) is 7.60. The molecule has 36 heavy (non-hydrogen) atoms. The predicted octanol–water partition coefficient (Wildman–Crippen LogP) is 5.97. The molecule has 3 aromatic rings. The number of nitro groups is 1. The molecule has 1 fully saturated rings. The zero-order valence-electron chi connectivity index (χ0n) is 20.5. The van der Waals surface area contributed by atoms with Crippen LogP contribution in [0.15, 0.2) is 66.7 Å². The van der Waals surface area contributed by atoms with E-state index in [4.69, 9.17) is 0 Å². The number of benzene rings is 2. The maximum atomic E-state index is 13.7. The normalized spacial score (nSPS) is 13.8. The van der Waals surface area contributed by atoms with E-state index in [0.717, 1.165) is 42.5 Å². The Labute approximate surface area is 215 Å². The van der Waals surface area contributed by atoms with Crippen LogP contribution in [-0.4, -0.2) is 39.1 Å². The molecule has 0 aliphatic heterocycles. The van der Waals surface area contributed by atoms with Crippen molar-refractivity contribution in [1.29, 1.82) is 0 Å². The highest BCUT2D eigenvalue weighted by Crippen LogP contribution is 2.26. The van der Waals surface area contributed by atoms with E-state index in [1.165, 1.54) is 29.1 Å². The molecule has 1 aliphatic carbocycles. The van der Waals surface area contributed by atoms with Crippen LogP contribution in [0.5, 0.6) is 0 Å². The van der Waals surface area contributed by atoms with Crippen molar-refractivity contribution in [2.24, 2.45) is 0 Å². The van der Waals surface area contributed by atoms with Gasteiger partial charge in [0.05, 0.1) is 11.5 Å². The predicted molar refractivity (Wildman–Crippen MR) is 141 cm³/mol. The summed E-state index contributed by atoms with van der Waals surface area (Å²) in [4.78, 5) is 43.7. The summed E-state index contributed by atoms with van der Waals surface area (Å²) in [5.74, 6) is -0.359. The fourth-order valence-corrected chi connectivity index (χ4v) is 5.60. The highest BCUT2D eigenvalue weighted by Gasteiger charge is 2.30. The van der Waals surface area contributed by atoms with E-state index in [1.807, 2.05) is 48.2 Å². The zero-order chi connectivity index (χ0) is 25.5. The molecule has 0 unspecified atom stereocenters. The number of hydrogen-bond acceptors (Lipinski definition) is 5. The number of thiophene rings is 1. The maximum absolute atomic E-state index is 13.7. The first-order valence-corrected chi connectivity index (χ1v) is 13.1. The smallest absolute Gasteiger partial charge is 0.269 e. The van der Waals surface area contributed by atoms with Crippen molar-refractivity contribution in [3.8, 4) is 0 Å². The minimum atomic E-state index is -0.482. The van der Waals surface area contributed by atoms with Gasteiger partial charge in [-0.05, 0) is 49.6 Å². The minimum Gasteiger partial charge on any atom is -0.332 e. The first kappa shape index (κ1) is 25.6. The molecular formula is C28H31N3O4S. The summed E-state index contributed by atoms with van der Waals surface area (Å²) in [6.07, 6.45) is 4.88. The topological polar surface area (TPSA) is 83.8 Å². The van der Waals surface area contributed by atoms with E-state index < -0.39 is 4.92 Å². The standard InChI is InChI=1S/C28H31N3O4S/c1-21-12-17-26(36-21)19-29(18-22-8-4-2-5-9-22)27(32)20-30(24-10-6-3-7-11-24)28(33)23-13-15-25(16-14-23)31(34)35/h2,4-5,8-9,12-17,24H,3,6-7,10-11,18-20H2,1H3. The number of hydrogen-bond donors (Lipinski definition) is 0. The molecule has 0 bridgehead atoms. The molecule has 1 aromatic heterocycles. The second kappa shape index (κ2) is 11.9. The van der Waals surface area contributed by atoms with Crippen LogP contribution in [0, 0.1) is 17.0 Å². The number of nitrogens with zero attached hydrogens (tertiary/aromatic N) is 3. The van der Waals surface area contributed by atoms with Crippen LogP contribution in [0.2, 0.25) is 0 Å². The number of non-ortho nitro benzene ring substituents is 1. The Morgan fingerprint density at radius 2 is 1.64 bits per heavy atom. The van der Waals surface area contributed by atoms with Crippen molar-refractivity contribution in [3.05, 3.63) is 97.7 Å². The number of carbonyl (C=O) groups is 2. The molecule has 1 saturated carbocycles. The third-order valence-electron chi connectivity index (χ3n) is 6.62. The molecule has 0 radical (unpaired) electrons. The van der Waals surface area contributed by atoms with Gasteiger partial charge in [-0.1, -0.05) is 49.6 Å². The Morgan fingerprint density at radius 3 is 2.25 bits per heavy atom. The Bertz CT molecular complexity index is 1190. The lowest BCUT2D eigenvalue weighted by Crippen LogP contribution is -2.48. The van der Waals surface area contributed by atoms with Crippen molar-refractivity contribution in [3.63, 3.8) is 0 Å². The number of nitro benzene ring substituents is 1. The van der Waals surface area contributed by atoms with Crippen LogP contribution in [0.4, 0.5) is 5.69 Å². The Kier molecular flexibility index (Phi) is 8.48. The Balaban J connectivity index is 1.58. The zero-order valence-corrected chi connectivity index (χ0v) is 21.3. The fourth-order valence-electron chi connectivity index (χ4n) is 4.69. The lowest BCUT2D eigenvalue weighted by Gasteiger charge is -2.35. The molecule has 7 nitrogen and oxygen atoms in total. The summed E-state index contributed by atoms with van der Waals surface area (Å²) < 4.78 is 0. The Hall–Kier alpha value is -3.52. The number of rotatable bonds is 9. The minimum absolute atomic E-state index is 0.0162. The Morgan fingerprint density at radius 1 is 0.944 bits per heavy atom. The molecule has 2 amide bonds. The van der Waals surface area contributed by atoms with Crippen molar-refractivity contribution in [2.75, 3.05) is 6.54 Å². The second-order valence-electron chi connectivity index (χ2n) is 9.28. The summed E-state index contributed by atoms with van der Waals surface area (Å²) >= 11 is 1.67. The van der Waals surface area contributed by atoms with Crippen LogP contribution in [0.3, 0.4) is 0 Å². The van der Waals surface area contributed by atoms with E-state index in [-0.39, 0.29) is 30.1 Å². The van der Waals surface area contributed by atoms with E-state index >= 15 is 0 Å². The summed E-state index contributed by atoms with van der Waals surface area (Å²) in [7, 11) is 0. The van der Waals surface area contributed by atoms with E-state index in [9.17, 15) is 19.7 Å². The monoisotopic (exact) mass is 505 g/mol. The number of amides is 2. The van der Waals surface area contributed by atoms with Crippen LogP contribution in [0.1, 0.15) is 57.8 Å². The lowest BCUT2D eigenvalue weighted by atomic mass is 9.93. The van der Waals surface area contributed by atoms with Gasteiger partial charge in [-0.25, -0.2) is 0 Å². The van der Waals surface area contributed by atoms with Gasteiger partial charge in [-0.3, -0.25) is 19.7 Å². The molecule has 2 aromatic carbocycles. The molecule has 0 N–H and O–H groups in total. The van der Waals surface area contributed by atoms with E-state index in [0.29, 0.717) is 18.7 Å². The first-order valence-electron chi connectivity index (χ1n) is 12.3. The van der Waals surface area contributed by atoms with Crippen LogP contribution in [-0.2, 0) is 17.9 Å². The quantitative estimate of drug-likeness (QED) is 0.265. The summed E-state index contributed by atoms with van der Waals surface area (Å²) in [5, 5.41) is 11.0. The molecule has 1 heterocycles. The van der Waals surface area contributed by atoms with Gasteiger partial charge in [0.15, 0.2) is 0 Å². The molecule has 0 spiro atoms. The summed E-state index contributed by atoms with van der Waals surface area (Å²) in [6, 6.07) is 19.6. The highest BCUT2D eigenvalue weighted by atomic mass is 32.1. The highest BCUT2D eigenvalue weighted by molar-refractivity contribution is 7.11. The SMILES string of the molecule is Cc1ccc(CN(Cc2ccccc2)C(=O)CN(C(=O)c2ccc([N+](=O)[O-])cc2)C2CCCCC2)s1. The first-order chi connectivity index (χ1) is 17.4. The third kappa shape index (κ3) is 6.57. The number of aryl methyl sites for hydroxylation is 1. The van der Waals surface area contributed by atoms with Crippen molar-refractivity contribution in [2.45, 2.75) is 58.2 Å². The molecule has 0 saturated heterocycles. The van der Waals surface area contributed by atoms with Crippen LogP contribution in [0.25, 0.3) is 0 Å². The van der Waals surface area contributed by atoms with E-state index in [1.54, 1.807) is 16.2 Å².